The van der Waals surface area contributed by atoms with Gasteiger partial charge in [0.05, 0.1) is 6.04 Å². The molecule has 0 spiro atoms. The Bertz CT molecular complexity index is 239. The SMILES string of the molecule is CC(C)C(=O)C1O[C@H](O)[C@H](O)[C@@H]1NSS. The molecular formula is C8H15NO4S2. The van der Waals surface area contributed by atoms with Gasteiger partial charge in [-0.2, -0.15) is 0 Å². The van der Waals surface area contributed by atoms with Crippen molar-refractivity contribution in [3.05, 3.63) is 0 Å². The standard InChI is InChI=1S/C8H15NO4S2/c1-3(2)5(10)7-4(9-15-14)6(11)8(12)13-7/h3-4,6-9,11-12,14H,1-2H3/t4-,6+,7?,8-/m0/s1. The van der Waals surface area contributed by atoms with E-state index in [1.165, 1.54) is 0 Å². The third kappa shape index (κ3) is 2.86. The van der Waals surface area contributed by atoms with Crippen LogP contribution in [-0.4, -0.2) is 40.5 Å². The molecule has 0 aromatic heterocycles. The second-order valence-corrected chi connectivity index (χ2v) is 4.70. The van der Waals surface area contributed by atoms with Crippen LogP contribution in [0.1, 0.15) is 13.8 Å². The fourth-order valence-electron chi connectivity index (χ4n) is 1.44. The van der Waals surface area contributed by atoms with E-state index in [0.717, 1.165) is 11.0 Å². The van der Waals surface area contributed by atoms with Crippen LogP contribution >= 0.6 is 22.6 Å². The predicted octanol–water partition coefficient (Wildman–Crippen LogP) is -0.259. The summed E-state index contributed by atoms with van der Waals surface area (Å²) in [6, 6.07) is -0.627. The normalized spacial score (nSPS) is 36.1. The zero-order valence-electron chi connectivity index (χ0n) is 8.45. The van der Waals surface area contributed by atoms with Crippen LogP contribution in [0.2, 0.25) is 0 Å². The van der Waals surface area contributed by atoms with Crippen LogP contribution in [0.25, 0.3) is 0 Å². The van der Waals surface area contributed by atoms with E-state index in [1.54, 1.807) is 13.8 Å². The molecule has 4 atom stereocenters. The van der Waals surface area contributed by atoms with Gasteiger partial charge in [-0.1, -0.05) is 25.5 Å². The highest BCUT2D eigenvalue weighted by Gasteiger charge is 2.46. The van der Waals surface area contributed by atoms with Gasteiger partial charge in [0.25, 0.3) is 0 Å². The Morgan fingerprint density at radius 2 is 2.13 bits per heavy atom. The Morgan fingerprint density at radius 1 is 1.53 bits per heavy atom. The minimum atomic E-state index is -1.32. The molecule has 0 aliphatic carbocycles. The summed E-state index contributed by atoms with van der Waals surface area (Å²) < 4.78 is 7.74. The highest BCUT2D eigenvalue weighted by molar-refractivity contribution is 8.67. The van der Waals surface area contributed by atoms with E-state index >= 15 is 0 Å². The van der Waals surface area contributed by atoms with Gasteiger partial charge in [0, 0.05) is 5.92 Å². The Balaban J connectivity index is 2.74. The molecule has 1 heterocycles. The van der Waals surface area contributed by atoms with Crippen LogP contribution in [0.15, 0.2) is 0 Å². The molecule has 0 radical (unpaired) electrons. The van der Waals surface area contributed by atoms with Crippen molar-refractivity contribution in [2.24, 2.45) is 5.92 Å². The molecule has 1 rings (SSSR count). The van der Waals surface area contributed by atoms with Crippen molar-refractivity contribution in [1.82, 2.24) is 4.72 Å². The second kappa shape index (κ2) is 5.51. The molecule has 7 heteroatoms. The van der Waals surface area contributed by atoms with Crippen molar-refractivity contribution in [3.63, 3.8) is 0 Å². The van der Waals surface area contributed by atoms with Crippen molar-refractivity contribution in [2.75, 3.05) is 0 Å². The highest BCUT2D eigenvalue weighted by atomic mass is 33.1. The fourth-order valence-corrected chi connectivity index (χ4v) is 2.19. The van der Waals surface area contributed by atoms with Gasteiger partial charge >= 0.3 is 0 Å². The van der Waals surface area contributed by atoms with E-state index < -0.39 is 24.5 Å². The van der Waals surface area contributed by atoms with Crippen molar-refractivity contribution >= 4 is 28.4 Å². The minimum Gasteiger partial charge on any atom is -0.386 e. The molecule has 0 saturated carbocycles. The zero-order chi connectivity index (χ0) is 11.6. The maximum Gasteiger partial charge on any atom is 0.183 e. The van der Waals surface area contributed by atoms with Gasteiger partial charge in [-0.05, 0) is 11.0 Å². The number of thiol groups is 1. The zero-order valence-corrected chi connectivity index (χ0v) is 10.2. The van der Waals surface area contributed by atoms with E-state index in [-0.39, 0.29) is 11.7 Å². The Kier molecular flexibility index (Phi) is 4.88. The van der Waals surface area contributed by atoms with E-state index in [2.05, 4.69) is 16.4 Å². The number of aliphatic hydroxyl groups excluding tert-OH is 2. The fraction of sp³-hybridized carbons (Fsp3) is 0.875. The van der Waals surface area contributed by atoms with Crippen LogP contribution in [0.4, 0.5) is 0 Å². The average Bonchev–Trinajstić information content (AvgIpc) is 2.45. The summed E-state index contributed by atoms with van der Waals surface area (Å²) in [5, 5.41) is 18.8. The largest absolute Gasteiger partial charge is 0.386 e. The molecule has 3 N–H and O–H groups in total. The number of nitrogens with one attached hydrogen (secondary N) is 1. The first-order chi connectivity index (χ1) is 6.99. The molecule has 1 saturated heterocycles. The lowest BCUT2D eigenvalue weighted by Crippen LogP contribution is -2.45. The van der Waals surface area contributed by atoms with Gasteiger partial charge in [-0.15, -0.1) is 0 Å². The van der Waals surface area contributed by atoms with Crippen molar-refractivity contribution in [1.29, 1.82) is 0 Å². The third-order valence-corrected chi connectivity index (χ3v) is 3.00. The summed E-state index contributed by atoms with van der Waals surface area (Å²) in [7, 11) is 0.979. The summed E-state index contributed by atoms with van der Waals surface area (Å²) in [5.41, 5.74) is 0. The Morgan fingerprint density at radius 3 is 2.60 bits per heavy atom. The molecule has 0 bridgehead atoms. The van der Waals surface area contributed by atoms with Gasteiger partial charge in [-0.25, -0.2) is 4.72 Å². The Labute approximate surface area is 97.5 Å². The maximum atomic E-state index is 11.7. The van der Waals surface area contributed by atoms with Crippen molar-refractivity contribution in [2.45, 2.75) is 38.4 Å². The molecule has 1 unspecified atom stereocenters. The summed E-state index contributed by atoms with van der Waals surface area (Å²) in [6.07, 6.45) is -3.26. The van der Waals surface area contributed by atoms with Crippen molar-refractivity contribution < 1.29 is 19.7 Å². The number of ketones is 1. The molecule has 0 aromatic rings. The summed E-state index contributed by atoms with van der Waals surface area (Å²) in [4.78, 5) is 11.7. The van der Waals surface area contributed by atoms with Gasteiger partial charge in [0.15, 0.2) is 12.1 Å². The smallest absolute Gasteiger partial charge is 0.183 e. The lowest BCUT2D eigenvalue weighted by Gasteiger charge is -2.19. The molecule has 0 amide bonds. The molecule has 88 valence electrons. The lowest BCUT2D eigenvalue weighted by molar-refractivity contribution is -0.151. The molecule has 1 fully saturated rings. The summed E-state index contributed by atoms with van der Waals surface area (Å²) in [5.74, 6) is -0.354. The molecule has 0 aromatic carbocycles. The van der Waals surface area contributed by atoms with Crippen LogP contribution in [0.3, 0.4) is 0 Å². The van der Waals surface area contributed by atoms with E-state index in [0.29, 0.717) is 0 Å². The number of hydrogen-bond donors (Lipinski definition) is 4. The number of hydrogen-bond acceptors (Lipinski definition) is 7. The predicted molar refractivity (Wildman–Crippen MR) is 60.2 cm³/mol. The van der Waals surface area contributed by atoms with Gasteiger partial charge in [0.1, 0.15) is 12.2 Å². The average molecular weight is 253 g/mol. The number of carbonyl (C=O) groups excluding carboxylic acids is 1. The first kappa shape index (κ1) is 13.3. The van der Waals surface area contributed by atoms with E-state index in [1.807, 2.05) is 0 Å². The minimum absolute atomic E-state index is 0.148. The number of aliphatic hydroxyl groups is 2. The van der Waals surface area contributed by atoms with Crippen molar-refractivity contribution in [3.8, 4) is 0 Å². The first-order valence-corrected chi connectivity index (χ1v) is 6.47. The van der Waals surface area contributed by atoms with Gasteiger partial charge in [-0.3, -0.25) is 4.79 Å². The van der Waals surface area contributed by atoms with E-state index in [4.69, 9.17) is 4.74 Å². The molecule has 1 aliphatic heterocycles. The Hall–Kier alpha value is 0.210. The molecular weight excluding hydrogens is 238 g/mol. The quantitative estimate of drug-likeness (QED) is 0.314. The molecule has 5 nitrogen and oxygen atoms in total. The third-order valence-electron chi connectivity index (χ3n) is 2.31. The molecule has 1 aliphatic rings. The topological polar surface area (TPSA) is 78.8 Å². The number of Topliss-reactive ketones (excluding diaryl/α,β-unsaturated/α-hetero) is 1. The summed E-state index contributed by atoms with van der Waals surface area (Å²) in [6.45, 7) is 3.49. The number of ether oxygens (including phenoxy) is 1. The van der Waals surface area contributed by atoms with Crippen LogP contribution < -0.4 is 4.72 Å². The summed E-state index contributed by atoms with van der Waals surface area (Å²) >= 11 is 3.87. The first-order valence-electron chi connectivity index (χ1n) is 4.60. The lowest BCUT2D eigenvalue weighted by atomic mass is 9.98. The van der Waals surface area contributed by atoms with Crippen LogP contribution in [0.5, 0.6) is 0 Å². The monoisotopic (exact) mass is 253 g/mol. The number of carbonyl (C=O) groups is 1. The molecule has 15 heavy (non-hydrogen) atoms. The highest BCUT2D eigenvalue weighted by Crippen LogP contribution is 2.24. The maximum absolute atomic E-state index is 11.7. The van der Waals surface area contributed by atoms with E-state index in [9.17, 15) is 15.0 Å². The van der Waals surface area contributed by atoms with Gasteiger partial charge in [0.2, 0.25) is 0 Å². The second-order valence-electron chi connectivity index (χ2n) is 3.73. The van der Waals surface area contributed by atoms with Gasteiger partial charge < -0.3 is 14.9 Å². The van der Waals surface area contributed by atoms with Crippen LogP contribution in [-0.2, 0) is 9.53 Å². The number of rotatable bonds is 4. The van der Waals surface area contributed by atoms with Crippen LogP contribution in [0, 0.1) is 5.92 Å².